The van der Waals surface area contributed by atoms with Crippen molar-refractivity contribution in [1.82, 2.24) is 14.8 Å². The maximum Gasteiger partial charge on any atom is 0.240 e. The third-order valence-corrected chi connectivity index (χ3v) is 2.31. The number of hydrogen-bond acceptors (Lipinski definition) is 5. The highest BCUT2D eigenvalue weighted by Gasteiger charge is 2.07. The first-order chi connectivity index (χ1) is 8.22. The molecule has 0 bridgehead atoms. The van der Waals surface area contributed by atoms with Crippen LogP contribution in [0.5, 0.6) is 11.8 Å². The van der Waals surface area contributed by atoms with Crippen molar-refractivity contribution in [2.24, 2.45) is 5.73 Å². The lowest BCUT2D eigenvalue weighted by Gasteiger charge is -2.06. The fourth-order valence-corrected chi connectivity index (χ4v) is 1.43. The van der Waals surface area contributed by atoms with Gasteiger partial charge >= 0.3 is 0 Å². The molecule has 2 aromatic rings. The van der Waals surface area contributed by atoms with E-state index in [1.807, 2.05) is 13.1 Å². The van der Waals surface area contributed by atoms with Crippen LogP contribution in [0.2, 0.25) is 0 Å². The Morgan fingerprint density at radius 2 is 2.29 bits per heavy atom. The second-order valence-corrected chi connectivity index (χ2v) is 3.55. The molecule has 6 nitrogen and oxygen atoms in total. The van der Waals surface area contributed by atoms with E-state index < -0.39 is 0 Å². The number of ether oxygens (including phenoxy) is 1. The molecule has 90 valence electrons. The number of nitrogen functional groups attached to an aromatic ring is 1. The highest BCUT2D eigenvalue weighted by Crippen LogP contribution is 2.22. The molecule has 0 aliphatic heterocycles. The molecule has 0 unspecified atom stereocenters. The molecule has 0 spiro atoms. The van der Waals surface area contributed by atoms with E-state index in [9.17, 15) is 0 Å². The van der Waals surface area contributed by atoms with Crippen molar-refractivity contribution in [3.8, 4) is 11.8 Å². The van der Waals surface area contributed by atoms with Crippen LogP contribution in [0.4, 0.5) is 5.69 Å². The Bertz CT molecular complexity index is 508. The van der Waals surface area contributed by atoms with E-state index in [0.717, 1.165) is 12.1 Å². The fourth-order valence-electron chi connectivity index (χ4n) is 1.43. The van der Waals surface area contributed by atoms with E-state index in [-0.39, 0.29) is 0 Å². The smallest absolute Gasteiger partial charge is 0.240 e. The molecule has 2 heterocycles. The number of nitrogens with zero attached hydrogens (tertiary/aromatic N) is 3. The number of rotatable bonds is 4. The summed E-state index contributed by atoms with van der Waals surface area (Å²) in [5.41, 5.74) is 12.6. The topological polar surface area (TPSA) is 92.0 Å². The Kier molecular flexibility index (Phi) is 3.24. The Morgan fingerprint density at radius 3 is 2.94 bits per heavy atom. The Hall–Kier alpha value is -2.08. The zero-order valence-corrected chi connectivity index (χ0v) is 9.63. The normalized spacial score (nSPS) is 10.5. The third-order valence-electron chi connectivity index (χ3n) is 2.31. The van der Waals surface area contributed by atoms with Gasteiger partial charge in [0.05, 0.1) is 11.9 Å². The Morgan fingerprint density at radius 1 is 1.47 bits per heavy atom. The van der Waals surface area contributed by atoms with Crippen LogP contribution >= 0.6 is 0 Å². The molecule has 2 rings (SSSR count). The number of anilines is 1. The van der Waals surface area contributed by atoms with Crippen LogP contribution in [0.1, 0.15) is 12.5 Å². The number of aryl methyl sites for hydroxylation is 1. The Labute approximate surface area is 99.2 Å². The van der Waals surface area contributed by atoms with Gasteiger partial charge in [-0.25, -0.2) is 4.98 Å². The standard InChI is InChI=1S/C11H15N5O/c1-2-16-4-3-10(15-16)17-11-8(6-12)5-9(13)7-14-11/h3-5,7H,2,6,12-13H2,1H3. The number of nitrogens with two attached hydrogens (primary N) is 2. The van der Waals surface area contributed by atoms with Gasteiger partial charge in [0.25, 0.3) is 0 Å². The van der Waals surface area contributed by atoms with E-state index >= 15 is 0 Å². The molecule has 17 heavy (non-hydrogen) atoms. The molecule has 4 N–H and O–H groups in total. The summed E-state index contributed by atoms with van der Waals surface area (Å²) in [4.78, 5) is 4.10. The van der Waals surface area contributed by atoms with Gasteiger partial charge in [0.2, 0.25) is 11.8 Å². The molecule has 0 amide bonds. The van der Waals surface area contributed by atoms with E-state index in [2.05, 4.69) is 10.1 Å². The van der Waals surface area contributed by atoms with Gasteiger partial charge in [0, 0.05) is 30.9 Å². The van der Waals surface area contributed by atoms with Gasteiger partial charge in [0.1, 0.15) is 0 Å². The average Bonchev–Trinajstić information content (AvgIpc) is 2.79. The van der Waals surface area contributed by atoms with Gasteiger partial charge < -0.3 is 16.2 Å². The zero-order chi connectivity index (χ0) is 12.3. The SMILES string of the molecule is CCn1ccc(Oc2ncc(N)cc2CN)n1. The number of hydrogen-bond donors (Lipinski definition) is 2. The number of aromatic nitrogens is 3. The van der Waals surface area contributed by atoms with Crippen LogP contribution in [0.15, 0.2) is 24.5 Å². The summed E-state index contributed by atoms with van der Waals surface area (Å²) in [5.74, 6) is 0.946. The molecular weight excluding hydrogens is 218 g/mol. The molecule has 0 radical (unpaired) electrons. The summed E-state index contributed by atoms with van der Waals surface area (Å²) < 4.78 is 7.33. The highest BCUT2D eigenvalue weighted by atomic mass is 16.5. The minimum atomic E-state index is 0.321. The molecule has 0 aliphatic rings. The highest BCUT2D eigenvalue weighted by molar-refractivity contribution is 5.43. The van der Waals surface area contributed by atoms with Crippen LogP contribution in [0.3, 0.4) is 0 Å². The van der Waals surface area contributed by atoms with Crippen molar-refractivity contribution in [3.63, 3.8) is 0 Å². The first kappa shape index (κ1) is 11.4. The van der Waals surface area contributed by atoms with E-state index in [1.54, 1.807) is 16.8 Å². The molecule has 0 aromatic carbocycles. The molecule has 0 aliphatic carbocycles. The fraction of sp³-hybridized carbons (Fsp3) is 0.273. The van der Waals surface area contributed by atoms with E-state index in [4.69, 9.17) is 16.2 Å². The maximum atomic E-state index is 5.63. The molecule has 0 saturated heterocycles. The van der Waals surface area contributed by atoms with Crippen LogP contribution in [-0.2, 0) is 13.1 Å². The second-order valence-electron chi connectivity index (χ2n) is 3.55. The second kappa shape index (κ2) is 4.84. The molecular formula is C11H15N5O. The van der Waals surface area contributed by atoms with Crippen LogP contribution in [0, 0.1) is 0 Å². The van der Waals surface area contributed by atoms with Gasteiger partial charge in [-0.05, 0) is 13.0 Å². The van der Waals surface area contributed by atoms with Crippen LogP contribution < -0.4 is 16.2 Å². The summed E-state index contributed by atoms with van der Waals surface area (Å²) >= 11 is 0. The van der Waals surface area contributed by atoms with Crippen molar-refractivity contribution < 1.29 is 4.74 Å². The molecule has 0 atom stereocenters. The maximum absolute atomic E-state index is 5.63. The van der Waals surface area contributed by atoms with Crippen molar-refractivity contribution in [3.05, 3.63) is 30.1 Å². The summed E-state index contributed by atoms with van der Waals surface area (Å²) in [5, 5.41) is 4.20. The van der Waals surface area contributed by atoms with Crippen molar-refractivity contribution in [1.29, 1.82) is 0 Å². The minimum Gasteiger partial charge on any atom is -0.419 e. The average molecular weight is 233 g/mol. The first-order valence-electron chi connectivity index (χ1n) is 5.38. The lowest BCUT2D eigenvalue weighted by molar-refractivity contribution is 0.428. The van der Waals surface area contributed by atoms with Crippen molar-refractivity contribution >= 4 is 5.69 Å². The van der Waals surface area contributed by atoms with Crippen molar-refractivity contribution in [2.45, 2.75) is 20.0 Å². The monoisotopic (exact) mass is 233 g/mol. The van der Waals surface area contributed by atoms with Crippen molar-refractivity contribution in [2.75, 3.05) is 5.73 Å². The van der Waals surface area contributed by atoms with E-state index in [0.29, 0.717) is 24.0 Å². The van der Waals surface area contributed by atoms with Gasteiger partial charge in [-0.3, -0.25) is 4.68 Å². The van der Waals surface area contributed by atoms with Gasteiger partial charge in [-0.1, -0.05) is 0 Å². The first-order valence-corrected chi connectivity index (χ1v) is 5.38. The lowest BCUT2D eigenvalue weighted by Crippen LogP contribution is -2.03. The summed E-state index contributed by atoms with van der Waals surface area (Å²) in [6, 6.07) is 3.53. The summed E-state index contributed by atoms with van der Waals surface area (Å²) in [6.45, 7) is 3.12. The van der Waals surface area contributed by atoms with E-state index in [1.165, 1.54) is 6.20 Å². The largest absolute Gasteiger partial charge is 0.419 e. The van der Waals surface area contributed by atoms with Crippen LogP contribution in [-0.4, -0.2) is 14.8 Å². The van der Waals surface area contributed by atoms with Gasteiger partial charge in [0.15, 0.2) is 0 Å². The minimum absolute atomic E-state index is 0.321. The zero-order valence-electron chi connectivity index (χ0n) is 9.63. The molecule has 0 saturated carbocycles. The third kappa shape index (κ3) is 2.54. The number of pyridine rings is 1. The van der Waals surface area contributed by atoms with Crippen LogP contribution in [0.25, 0.3) is 0 Å². The molecule has 2 aromatic heterocycles. The predicted molar refractivity (Wildman–Crippen MR) is 64.5 cm³/mol. The Balaban J connectivity index is 2.23. The lowest BCUT2D eigenvalue weighted by atomic mass is 10.2. The summed E-state index contributed by atoms with van der Waals surface area (Å²) in [7, 11) is 0. The predicted octanol–water partition coefficient (Wildman–Crippen LogP) is 1.13. The molecule has 6 heteroatoms. The molecule has 0 fully saturated rings. The quantitative estimate of drug-likeness (QED) is 0.825. The van der Waals surface area contributed by atoms with Gasteiger partial charge in [-0.15, -0.1) is 5.10 Å². The summed E-state index contributed by atoms with van der Waals surface area (Å²) in [6.07, 6.45) is 3.38. The van der Waals surface area contributed by atoms with Gasteiger partial charge in [-0.2, -0.15) is 0 Å².